The number of nitrogens with zero attached hydrogens (tertiary/aromatic N) is 4. The van der Waals surface area contributed by atoms with E-state index < -0.39 is 5.97 Å². The Morgan fingerprint density at radius 3 is 2.42 bits per heavy atom. The van der Waals surface area contributed by atoms with Crippen LogP contribution in [0, 0.1) is 12.3 Å². The molecule has 2 aromatic rings. The quantitative estimate of drug-likeness (QED) is 0.540. The minimum Gasteiger partial charge on any atom is -0.477 e. The fourth-order valence-corrected chi connectivity index (χ4v) is 7.22. The van der Waals surface area contributed by atoms with Crippen molar-refractivity contribution < 1.29 is 19.2 Å². The van der Waals surface area contributed by atoms with Gasteiger partial charge in [-0.15, -0.1) is 0 Å². The van der Waals surface area contributed by atoms with Gasteiger partial charge in [0.2, 0.25) is 5.95 Å². The fourth-order valence-electron chi connectivity index (χ4n) is 7.22. The molecule has 8 nitrogen and oxygen atoms in total. The number of carboxylic acids is 1. The highest BCUT2D eigenvalue weighted by Gasteiger charge is 2.47. The summed E-state index contributed by atoms with van der Waals surface area (Å²) in [6, 6.07) is 2.11. The van der Waals surface area contributed by atoms with Crippen LogP contribution in [0.15, 0.2) is 10.6 Å². The SMILES string of the molecule is Cc1cc(C(=O)O)nc(N2[C@H]3CC[C@H]2CC(OCc2c(C4CCC5(CC4)CC5)noc2C2CC2)C3)n1. The summed E-state index contributed by atoms with van der Waals surface area (Å²) < 4.78 is 12.6. The van der Waals surface area contributed by atoms with Crippen molar-refractivity contribution in [2.24, 2.45) is 5.41 Å². The van der Waals surface area contributed by atoms with Gasteiger partial charge in [-0.2, -0.15) is 0 Å². The maximum Gasteiger partial charge on any atom is 0.354 e. The third kappa shape index (κ3) is 4.11. The van der Waals surface area contributed by atoms with Crippen LogP contribution in [0.4, 0.5) is 5.95 Å². The summed E-state index contributed by atoms with van der Waals surface area (Å²) in [5, 5.41) is 14.1. The predicted molar refractivity (Wildman–Crippen MR) is 132 cm³/mol. The number of aromatic carboxylic acids is 1. The zero-order chi connectivity index (χ0) is 24.4. The van der Waals surface area contributed by atoms with Crippen LogP contribution in [0.3, 0.4) is 0 Å². The van der Waals surface area contributed by atoms with Crippen molar-refractivity contribution in [2.75, 3.05) is 4.90 Å². The molecule has 36 heavy (non-hydrogen) atoms. The largest absolute Gasteiger partial charge is 0.477 e. The van der Waals surface area contributed by atoms with E-state index >= 15 is 0 Å². The summed E-state index contributed by atoms with van der Waals surface area (Å²) in [5.74, 6) is 1.69. The molecule has 5 aliphatic rings. The van der Waals surface area contributed by atoms with Gasteiger partial charge in [-0.25, -0.2) is 14.8 Å². The Bertz CT molecular complexity index is 1150. The molecule has 8 heteroatoms. The number of ether oxygens (including phenoxy) is 1. The van der Waals surface area contributed by atoms with Gasteiger partial charge < -0.3 is 19.3 Å². The fraction of sp³-hybridized carbons (Fsp3) is 0.714. The van der Waals surface area contributed by atoms with Crippen LogP contribution in [0.5, 0.6) is 0 Å². The molecule has 1 spiro atoms. The summed E-state index contributed by atoms with van der Waals surface area (Å²) in [4.78, 5) is 22.8. The van der Waals surface area contributed by atoms with Gasteiger partial charge in [0.15, 0.2) is 5.69 Å². The van der Waals surface area contributed by atoms with Crippen LogP contribution in [-0.2, 0) is 11.3 Å². The average Bonchev–Trinajstić information content (AvgIpc) is 3.79. The molecule has 3 aliphatic carbocycles. The maximum atomic E-state index is 11.5. The molecular formula is C28H36N4O4. The topological polar surface area (TPSA) is 102 Å². The second-order valence-electron chi connectivity index (χ2n) is 12.2. The van der Waals surface area contributed by atoms with Crippen LogP contribution in [0.25, 0.3) is 0 Å². The molecular weight excluding hydrogens is 456 g/mol. The molecule has 0 aromatic carbocycles. The average molecular weight is 493 g/mol. The minimum atomic E-state index is -1.01. The smallest absolute Gasteiger partial charge is 0.354 e. The number of hydrogen-bond acceptors (Lipinski definition) is 7. The standard InChI is InChI=1S/C28H36N4O4/c1-16-12-23(26(33)34)30-27(29-16)32-19-4-5-20(32)14-21(13-19)35-15-22-24(31-36-25(22)18-2-3-18)17-6-8-28(9-7-17)10-11-28/h12,17-21H,2-11,13-15H2,1H3,(H,33,34)/t19-,20-/m0/s1. The third-order valence-electron chi connectivity index (χ3n) is 9.63. The Labute approximate surface area is 211 Å². The van der Waals surface area contributed by atoms with Crippen molar-refractivity contribution in [3.8, 4) is 0 Å². The van der Waals surface area contributed by atoms with Crippen molar-refractivity contribution >= 4 is 11.9 Å². The normalized spacial score (nSPS) is 29.1. The van der Waals surface area contributed by atoms with E-state index in [-0.39, 0.29) is 23.9 Å². The monoisotopic (exact) mass is 492 g/mol. The number of piperidine rings is 1. The van der Waals surface area contributed by atoms with Gasteiger partial charge in [-0.05, 0) is 95.5 Å². The van der Waals surface area contributed by atoms with Crippen LogP contribution in [-0.4, -0.2) is 44.4 Å². The van der Waals surface area contributed by atoms with Gasteiger partial charge in [0.25, 0.3) is 0 Å². The summed E-state index contributed by atoms with van der Waals surface area (Å²) in [5.41, 5.74) is 3.87. The molecule has 5 fully saturated rings. The van der Waals surface area contributed by atoms with E-state index in [4.69, 9.17) is 9.26 Å². The van der Waals surface area contributed by atoms with Crippen molar-refractivity contribution in [3.05, 3.63) is 34.5 Å². The van der Waals surface area contributed by atoms with Crippen molar-refractivity contribution in [2.45, 2.75) is 121 Å². The van der Waals surface area contributed by atoms with Gasteiger partial charge in [0.1, 0.15) is 5.76 Å². The zero-order valence-electron chi connectivity index (χ0n) is 21.1. The number of aromatic nitrogens is 3. The second kappa shape index (κ2) is 8.54. The van der Waals surface area contributed by atoms with Crippen LogP contribution in [0.1, 0.15) is 122 Å². The molecule has 1 N–H and O–H groups in total. The Morgan fingerprint density at radius 1 is 1.06 bits per heavy atom. The van der Waals surface area contributed by atoms with Gasteiger partial charge in [-0.3, -0.25) is 0 Å². The second-order valence-corrected chi connectivity index (χ2v) is 12.2. The van der Waals surface area contributed by atoms with E-state index in [9.17, 15) is 9.90 Å². The maximum absolute atomic E-state index is 11.5. The molecule has 2 saturated heterocycles. The summed E-state index contributed by atoms with van der Waals surface area (Å²) in [6.45, 7) is 2.43. The Hall–Kier alpha value is -2.48. The van der Waals surface area contributed by atoms with Crippen molar-refractivity contribution in [3.63, 3.8) is 0 Å². The molecule has 2 atom stereocenters. The number of carboxylic acid groups (broad SMARTS) is 1. The lowest BCUT2D eigenvalue weighted by atomic mass is 9.77. The first-order chi connectivity index (χ1) is 17.5. The summed E-state index contributed by atoms with van der Waals surface area (Å²) >= 11 is 0. The van der Waals surface area contributed by atoms with E-state index in [0.717, 1.165) is 31.4 Å². The van der Waals surface area contributed by atoms with E-state index in [1.165, 1.54) is 68.7 Å². The molecule has 0 radical (unpaired) electrons. The molecule has 0 amide bonds. The molecule has 2 aliphatic heterocycles. The highest BCUT2D eigenvalue weighted by Crippen LogP contribution is 2.59. The molecule has 4 heterocycles. The molecule has 2 bridgehead atoms. The lowest BCUT2D eigenvalue weighted by molar-refractivity contribution is 0.0138. The van der Waals surface area contributed by atoms with E-state index in [2.05, 4.69) is 20.0 Å². The number of rotatable bonds is 7. The van der Waals surface area contributed by atoms with Crippen LogP contribution >= 0.6 is 0 Å². The van der Waals surface area contributed by atoms with Gasteiger partial charge in [-0.1, -0.05) is 5.16 Å². The van der Waals surface area contributed by atoms with Crippen molar-refractivity contribution in [1.82, 2.24) is 15.1 Å². The first kappa shape index (κ1) is 22.7. The summed E-state index contributed by atoms with van der Waals surface area (Å²) in [7, 11) is 0. The van der Waals surface area contributed by atoms with Crippen molar-refractivity contribution in [1.29, 1.82) is 0 Å². The van der Waals surface area contributed by atoms with E-state index in [1.807, 2.05) is 6.92 Å². The van der Waals surface area contributed by atoms with Gasteiger partial charge in [0.05, 0.1) is 18.4 Å². The third-order valence-corrected chi connectivity index (χ3v) is 9.63. The number of fused-ring (bicyclic) bond motifs is 2. The summed E-state index contributed by atoms with van der Waals surface area (Å²) in [6.07, 6.45) is 14.6. The molecule has 0 unspecified atom stereocenters. The lowest BCUT2D eigenvalue weighted by Gasteiger charge is -2.39. The Kier molecular flexibility index (Phi) is 5.38. The van der Waals surface area contributed by atoms with Gasteiger partial charge in [0, 0.05) is 35.2 Å². The van der Waals surface area contributed by atoms with Crippen LogP contribution in [0.2, 0.25) is 0 Å². The molecule has 3 saturated carbocycles. The zero-order valence-corrected chi connectivity index (χ0v) is 21.1. The van der Waals surface area contributed by atoms with Crippen LogP contribution < -0.4 is 4.90 Å². The van der Waals surface area contributed by atoms with Gasteiger partial charge >= 0.3 is 5.97 Å². The predicted octanol–water partition coefficient (Wildman–Crippen LogP) is 5.50. The molecule has 7 rings (SSSR count). The first-order valence-corrected chi connectivity index (χ1v) is 14.0. The minimum absolute atomic E-state index is 0.0678. The number of anilines is 1. The number of hydrogen-bond donors (Lipinski definition) is 1. The highest BCUT2D eigenvalue weighted by atomic mass is 16.5. The van der Waals surface area contributed by atoms with E-state index in [0.29, 0.717) is 35.5 Å². The number of carbonyl (C=O) groups is 1. The van der Waals surface area contributed by atoms with E-state index in [1.54, 1.807) is 0 Å². The lowest BCUT2D eigenvalue weighted by Crippen LogP contribution is -2.46. The Balaban J connectivity index is 1.05. The first-order valence-electron chi connectivity index (χ1n) is 14.0. The molecule has 192 valence electrons. The Morgan fingerprint density at radius 2 is 1.78 bits per heavy atom. The number of aryl methyl sites for hydroxylation is 1. The molecule has 2 aromatic heterocycles. The highest BCUT2D eigenvalue weighted by molar-refractivity contribution is 5.85.